The Balaban J connectivity index is -0.000000589. The first-order valence-corrected chi connectivity index (χ1v) is 15.3. The lowest BCUT2D eigenvalue weighted by molar-refractivity contribution is -0.174. The maximum Gasteiger partial charge on any atom is 0.471 e. The number of carboxylic acid groups (broad SMARTS) is 1. The van der Waals surface area contributed by atoms with Crippen molar-refractivity contribution >= 4 is 50.9 Å². The maximum absolute atomic E-state index is 11.8. The summed E-state index contributed by atoms with van der Waals surface area (Å²) in [6.45, 7) is 2.11. The maximum atomic E-state index is 11.8. The lowest BCUT2D eigenvalue weighted by Gasteiger charge is -2.13. The van der Waals surface area contributed by atoms with E-state index < -0.39 is 72.1 Å². The minimum atomic E-state index is -4.94. The van der Waals surface area contributed by atoms with Crippen molar-refractivity contribution in [3.05, 3.63) is 0 Å². The molecule has 0 aliphatic carbocycles. The number of carboxylic acids is 1. The average Bonchev–Trinajstić information content (AvgIpc) is 3.72. The van der Waals surface area contributed by atoms with Gasteiger partial charge in [0.15, 0.2) is 0 Å². The molecule has 0 radical (unpaired) electrons. The van der Waals surface area contributed by atoms with Crippen molar-refractivity contribution in [2.75, 3.05) is 39.8 Å². The van der Waals surface area contributed by atoms with Gasteiger partial charge in [0.2, 0.25) is 17.7 Å². The fraction of sp³-hybridized carbons (Fsp3) is 0.731. The molecule has 19 nitrogen and oxygen atoms in total. The van der Waals surface area contributed by atoms with Crippen molar-refractivity contribution < 1.29 is 69.7 Å². The largest absolute Gasteiger partial charge is 0.480 e. The molecule has 15 N–H and O–H groups in total. The molecule has 3 saturated heterocycles. The molecule has 0 aromatic carbocycles. The molecule has 0 aromatic rings. The van der Waals surface area contributed by atoms with Crippen molar-refractivity contribution in [2.45, 2.75) is 82.1 Å². The van der Waals surface area contributed by atoms with E-state index in [0.717, 1.165) is 13.0 Å². The number of rotatable bonds is 8. The molecule has 26 heteroatoms. The predicted molar refractivity (Wildman–Crippen MR) is 175 cm³/mol. The Morgan fingerprint density at radius 1 is 0.865 bits per heavy atom. The SMILES string of the molecule is C.COC(=O)C(N)CCN.NC1CCNC1=O.NCCC(N)C(=O)O.O=C1C(NC(=O)C(F)(F)F)CCN1P.O=C1NCCC1NC(=O)C(F)(F)F. The molecule has 3 aliphatic heterocycles. The van der Waals surface area contributed by atoms with E-state index in [1.54, 1.807) is 10.6 Å². The fourth-order valence-electron chi connectivity index (χ4n) is 3.41. The molecule has 304 valence electrons. The van der Waals surface area contributed by atoms with Crippen LogP contribution in [0.4, 0.5) is 26.3 Å². The molecule has 6 atom stereocenters. The second-order valence-corrected chi connectivity index (χ2v) is 11.0. The van der Waals surface area contributed by atoms with Crippen LogP contribution in [0.1, 0.15) is 39.5 Å². The zero-order valence-electron chi connectivity index (χ0n) is 27.4. The van der Waals surface area contributed by atoms with E-state index in [-0.39, 0.29) is 32.2 Å². The molecule has 0 saturated carbocycles. The number of methoxy groups -OCH3 is 1. The van der Waals surface area contributed by atoms with Crippen LogP contribution in [-0.4, -0.2) is 134 Å². The lowest BCUT2D eigenvalue weighted by atomic mass is 10.2. The molecule has 52 heavy (non-hydrogen) atoms. The number of ether oxygens (including phenoxy) is 1. The number of hydrogen-bond donors (Lipinski definition) is 10. The minimum absolute atomic E-state index is 0. The van der Waals surface area contributed by atoms with Gasteiger partial charge in [0.25, 0.3) is 0 Å². The smallest absolute Gasteiger partial charge is 0.471 e. The van der Waals surface area contributed by atoms with Gasteiger partial charge in [0.1, 0.15) is 24.2 Å². The first-order valence-electron chi connectivity index (χ1n) is 14.8. The second kappa shape index (κ2) is 26.0. The molecule has 3 heterocycles. The number of amides is 5. The van der Waals surface area contributed by atoms with Crippen LogP contribution in [0.5, 0.6) is 0 Å². The highest BCUT2D eigenvalue weighted by molar-refractivity contribution is 7.14. The van der Waals surface area contributed by atoms with Crippen molar-refractivity contribution in [3.8, 4) is 0 Å². The van der Waals surface area contributed by atoms with E-state index in [1.165, 1.54) is 11.8 Å². The second-order valence-electron chi connectivity index (χ2n) is 10.4. The third kappa shape index (κ3) is 22.1. The Labute approximate surface area is 297 Å². The Morgan fingerprint density at radius 2 is 1.31 bits per heavy atom. The van der Waals surface area contributed by atoms with Crippen LogP contribution in [0.3, 0.4) is 0 Å². The number of alkyl halides is 6. The molecule has 0 spiro atoms. The standard InChI is InChI=1S/C6H8F3N2O2P.C6H7F3N2O2.C5H12N2O2.C4H10N2O2.C4H8N2O.CH4/c7-6(8,9)5(13)10-3-1-2-11(14)4(3)12;7-6(8,9)5(13)11-3-1-2-10-4(3)12;1-9-5(8)4(7)2-3-6;5-2-1-3(6)4(7)8;5-3-1-2-6-4(3)7;/h3H,1-2,14H2,(H,10,13);3H,1-2H2,(H,10,12)(H,11,13);4H,2-3,6-7H2,1H3;3H,1-2,5-6H2,(H,7,8);3H,1-2,5H2,(H,6,7);1H4. The number of hydrogen-bond acceptors (Lipinski definition) is 13. The van der Waals surface area contributed by atoms with Gasteiger partial charge in [-0.2, -0.15) is 26.3 Å². The van der Waals surface area contributed by atoms with Gasteiger partial charge in [0.05, 0.1) is 13.2 Å². The van der Waals surface area contributed by atoms with E-state index in [1.807, 2.05) is 0 Å². The summed E-state index contributed by atoms with van der Waals surface area (Å²) in [5, 5.41) is 16.3. The molecule has 0 bridgehead atoms. The summed E-state index contributed by atoms with van der Waals surface area (Å²) < 4.78 is 76.0. The van der Waals surface area contributed by atoms with Gasteiger partial charge in [-0.05, 0) is 54.6 Å². The lowest BCUT2D eigenvalue weighted by Crippen LogP contribution is -2.46. The topological polar surface area (TPSA) is 330 Å². The molecular weight excluding hydrogens is 741 g/mol. The number of aliphatic carboxylic acids is 1. The first kappa shape index (κ1) is 52.5. The van der Waals surface area contributed by atoms with Crippen LogP contribution >= 0.6 is 9.39 Å². The monoisotopic (exact) mass is 790 g/mol. The average molecular weight is 791 g/mol. The van der Waals surface area contributed by atoms with Crippen LogP contribution in [0.15, 0.2) is 0 Å². The van der Waals surface area contributed by atoms with Crippen molar-refractivity contribution in [3.63, 3.8) is 0 Å². The highest BCUT2D eigenvalue weighted by atomic mass is 31.0. The third-order valence-electron chi connectivity index (χ3n) is 6.28. The van der Waals surface area contributed by atoms with Gasteiger partial charge in [0, 0.05) is 19.6 Å². The third-order valence-corrected chi connectivity index (χ3v) is 6.79. The highest BCUT2D eigenvalue weighted by Gasteiger charge is 2.43. The van der Waals surface area contributed by atoms with Crippen LogP contribution in [0.2, 0.25) is 0 Å². The van der Waals surface area contributed by atoms with E-state index in [2.05, 4.69) is 24.8 Å². The number of nitrogens with one attached hydrogen (secondary N) is 4. The summed E-state index contributed by atoms with van der Waals surface area (Å²) in [5.74, 6) is -6.65. The fourth-order valence-corrected chi connectivity index (χ4v) is 3.74. The summed E-state index contributed by atoms with van der Waals surface area (Å²) in [6, 6.07) is -3.68. The summed E-state index contributed by atoms with van der Waals surface area (Å²) in [4.78, 5) is 73.4. The Bertz CT molecular complexity index is 1170. The summed E-state index contributed by atoms with van der Waals surface area (Å²) >= 11 is 0. The Hall–Kier alpha value is -3.90. The van der Waals surface area contributed by atoms with Gasteiger partial charge < -0.3 is 64.4 Å². The number of carbonyl (C=O) groups excluding carboxylic acids is 6. The van der Waals surface area contributed by atoms with Gasteiger partial charge in [-0.25, -0.2) is 0 Å². The molecule has 5 amide bonds. The molecule has 0 aromatic heterocycles. The van der Waals surface area contributed by atoms with Gasteiger partial charge in [-0.1, -0.05) is 7.43 Å². The van der Waals surface area contributed by atoms with Crippen molar-refractivity contribution in [2.24, 2.45) is 28.7 Å². The van der Waals surface area contributed by atoms with Crippen LogP contribution < -0.4 is 49.9 Å². The minimum Gasteiger partial charge on any atom is -0.480 e. The number of nitrogens with two attached hydrogens (primary N) is 5. The van der Waals surface area contributed by atoms with Gasteiger partial charge in [-0.15, -0.1) is 0 Å². The summed E-state index contributed by atoms with van der Waals surface area (Å²) in [5.41, 5.74) is 25.8. The van der Waals surface area contributed by atoms with Crippen molar-refractivity contribution in [1.29, 1.82) is 0 Å². The van der Waals surface area contributed by atoms with Gasteiger partial charge >= 0.3 is 36.1 Å². The zero-order chi connectivity index (χ0) is 40.1. The van der Waals surface area contributed by atoms with Gasteiger partial charge in [-0.3, -0.25) is 33.6 Å². The molecule has 3 fully saturated rings. The molecule has 6 unspecified atom stereocenters. The van der Waals surface area contributed by atoms with Crippen molar-refractivity contribution in [1.82, 2.24) is 25.9 Å². The van der Waals surface area contributed by atoms with Crippen LogP contribution in [0.25, 0.3) is 0 Å². The Morgan fingerprint density at radius 3 is 1.58 bits per heavy atom. The van der Waals surface area contributed by atoms with E-state index in [9.17, 15) is 59.9 Å². The van der Waals surface area contributed by atoms with E-state index >= 15 is 0 Å². The number of esters is 1. The van der Waals surface area contributed by atoms with Crippen LogP contribution in [-0.2, 0) is 38.3 Å². The first-order chi connectivity index (χ1) is 23.4. The Kier molecular flexibility index (Phi) is 26.2. The number of halogens is 6. The zero-order valence-corrected chi connectivity index (χ0v) is 28.5. The molecule has 3 aliphatic rings. The number of nitrogens with zero attached hydrogens (tertiary/aromatic N) is 1. The number of carbonyl (C=O) groups is 7. The van der Waals surface area contributed by atoms with Crippen LogP contribution in [0, 0.1) is 0 Å². The quantitative estimate of drug-likeness (QED) is 0.0653. The highest BCUT2D eigenvalue weighted by Crippen LogP contribution is 2.19. The predicted octanol–water partition coefficient (Wildman–Crippen LogP) is -3.34. The summed E-state index contributed by atoms with van der Waals surface area (Å²) in [7, 11) is 3.38. The molecule has 3 rings (SSSR count). The molecular formula is C26H49F6N10O9P. The van der Waals surface area contributed by atoms with E-state index in [4.69, 9.17) is 33.8 Å². The normalized spacial score (nSPS) is 20.1. The summed E-state index contributed by atoms with van der Waals surface area (Å²) in [6.07, 6.45) is -7.86. The van der Waals surface area contributed by atoms with E-state index in [0.29, 0.717) is 39.0 Å².